The average molecular weight is 502 g/mol. The molecule has 2 atom stereocenters. The molecule has 0 saturated carbocycles. The van der Waals surface area contributed by atoms with Gasteiger partial charge in [0.25, 0.3) is 5.91 Å². The zero-order chi connectivity index (χ0) is 25.4. The largest absolute Gasteiger partial charge is 0.494 e. The first-order chi connectivity index (χ1) is 16.5. The molecule has 1 aromatic heterocycles. The Labute approximate surface area is 207 Å². The van der Waals surface area contributed by atoms with Gasteiger partial charge in [-0.05, 0) is 63.8 Å². The fourth-order valence-electron chi connectivity index (χ4n) is 4.72. The van der Waals surface area contributed by atoms with Crippen molar-refractivity contribution >= 4 is 21.9 Å². The molecule has 2 saturated heterocycles. The second-order valence-corrected chi connectivity index (χ2v) is 11.5. The molecule has 0 bridgehead atoms. The number of nitrogens with one attached hydrogen (secondary N) is 1. The second kappa shape index (κ2) is 9.75. The first-order valence-electron chi connectivity index (χ1n) is 12.1. The maximum atomic E-state index is 13.3. The Hall–Kier alpha value is -2.69. The SMILES string of the molecule is CCOc1cccc(-c2ccc(C(=O)NS(=O)(=O)N3CC[C@H](N)C3)c(N3CCC(C)C3(C)C)n2)c1. The van der Waals surface area contributed by atoms with Gasteiger partial charge in [-0.15, -0.1) is 0 Å². The Kier molecular flexibility index (Phi) is 7.08. The monoisotopic (exact) mass is 501 g/mol. The van der Waals surface area contributed by atoms with Crippen LogP contribution in [0.2, 0.25) is 0 Å². The third kappa shape index (κ3) is 5.14. The summed E-state index contributed by atoms with van der Waals surface area (Å²) in [6.45, 7) is 10.1. The van der Waals surface area contributed by atoms with Crippen molar-refractivity contribution in [2.24, 2.45) is 11.7 Å². The van der Waals surface area contributed by atoms with Crippen molar-refractivity contribution in [3.63, 3.8) is 0 Å². The summed E-state index contributed by atoms with van der Waals surface area (Å²) in [4.78, 5) is 20.3. The van der Waals surface area contributed by atoms with Crippen molar-refractivity contribution < 1.29 is 17.9 Å². The topological polar surface area (TPSA) is 118 Å². The molecular weight excluding hydrogens is 466 g/mol. The van der Waals surface area contributed by atoms with Gasteiger partial charge in [0.2, 0.25) is 0 Å². The van der Waals surface area contributed by atoms with Gasteiger partial charge in [-0.1, -0.05) is 19.1 Å². The molecule has 2 aliphatic rings. The summed E-state index contributed by atoms with van der Waals surface area (Å²) in [7, 11) is -4.00. The van der Waals surface area contributed by atoms with Gasteiger partial charge in [0, 0.05) is 36.8 Å². The van der Waals surface area contributed by atoms with Gasteiger partial charge < -0.3 is 15.4 Å². The molecule has 2 fully saturated rings. The fourth-order valence-corrected chi connectivity index (χ4v) is 5.93. The Morgan fingerprint density at radius 1 is 1.23 bits per heavy atom. The van der Waals surface area contributed by atoms with E-state index in [2.05, 4.69) is 30.4 Å². The Morgan fingerprint density at radius 2 is 2.00 bits per heavy atom. The Balaban J connectivity index is 1.72. The van der Waals surface area contributed by atoms with E-state index in [4.69, 9.17) is 15.5 Å². The van der Waals surface area contributed by atoms with E-state index in [0.717, 1.165) is 24.3 Å². The van der Waals surface area contributed by atoms with E-state index >= 15 is 0 Å². The van der Waals surface area contributed by atoms with Crippen LogP contribution in [0.3, 0.4) is 0 Å². The first kappa shape index (κ1) is 25.4. The molecule has 1 aromatic carbocycles. The minimum absolute atomic E-state index is 0.194. The summed E-state index contributed by atoms with van der Waals surface area (Å²) in [5.74, 6) is 0.891. The highest BCUT2D eigenvalue weighted by molar-refractivity contribution is 7.87. The van der Waals surface area contributed by atoms with Crippen molar-refractivity contribution in [1.82, 2.24) is 14.0 Å². The molecule has 9 nitrogen and oxygen atoms in total. The molecule has 10 heteroatoms. The van der Waals surface area contributed by atoms with E-state index in [1.54, 1.807) is 12.1 Å². The molecule has 0 spiro atoms. The molecular formula is C25H35N5O4S. The Morgan fingerprint density at radius 3 is 2.63 bits per heavy atom. The molecule has 0 radical (unpaired) electrons. The number of hydrogen-bond donors (Lipinski definition) is 2. The minimum atomic E-state index is -4.00. The van der Waals surface area contributed by atoms with Crippen molar-refractivity contribution in [3.8, 4) is 17.0 Å². The Bertz CT molecular complexity index is 1200. The lowest BCUT2D eigenvalue weighted by Gasteiger charge is -2.36. The van der Waals surface area contributed by atoms with Gasteiger partial charge in [0.05, 0.1) is 17.9 Å². The third-order valence-electron chi connectivity index (χ3n) is 7.25. The normalized spacial score (nSPS) is 22.4. The molecule has 2 aliphatic heterocycles. The lowest BCUT2D eigenvalue weighted by molar-refractivity contribution is 0.0979. The number of nitrogens with zero attached hydrogens (tertiary/aromatic N) is 3. The zero-order valence-corrected chi connectivity index (χ0v) is 21.6. The van der Waals surface area contributed by atoms with Crippen LogP contribution in [0.4, 0.5) is 5.82 Å². The number of benzene rings is 1. The van der Waals surface area contributed by atoms with E-state index in [9.17, 15) is 13.2 Å². The van der Waals surface area contributed by atoms with Crippen LogP contribution < -0.4 is 20.1 Å². The van der Waals surface area contributed by atoms with E-state index in [1.165, 1.54) is 4.31 Å². The summed E-state index contributed by atoms with van der Waals surface area (Å²) >= 11 is 0. The van der Waals surface area contributed by atoms with Crippen molar-refractivity contribution in [2.75, 3.05) is 31.1 Å². The van der Waals surface area contributed by atoms with E-state index in [1.807, 2.05) is 31.2 Å². The third-order valence-corrected chi connectivity index (χ3v) is 8.71. The lowest BCUT2D eigenvalue weighted by Crippen LogP contribution is -2.45. The smallest absolute Gasteiger partial charge is 0.304 e. The summed E-state index contributed by atoms with van der Waals surface area (Å²) in [5.41, 5.74) is 7.38. The molecule has 3 heterocycles. The maximum Gasteiger partial charge on any atom is 0.304 e. The molecule has 190 valence electrons. The maximum absolute atomic E-state index is 13.3. The van der Waals surface area contributed by atoms with Gasteiger partial charge in [0.15, 0.2) is 0 Å². The van der Waals surface area contributed by atoms with Crippen LogP contribution in [-0.2, 0) is 10.2 Å². The van der Waals surface area contributed by atoms with Crippen LogP contribution in [0.25, 0.3) is 11.3 Å². The number of nitrogens with two attached hydrogens (primary N) is 1. The zero-order valence-electron chi connectivity index (χ0n) is 20.8. The number of anilines is 1. The predicted molar refractivity (Wildman–Crippen MR) is 137 cm³/mol. The number of rotatable bonds is 7. The average Bonchev–Trinajstić information content (AvgIpc) is 3.36. The fraction of sp³-hybridized carbons (Fsp3) is 0.520. The highest BCUT2D eigenvalue weighted by atomic mass is 32.2. The quantitative estimate of drug-likeness (QED) is 0.599. The molecule has 0 aliphatic carbocycles. The summed E-state index contributed by atoms with van der Waals surface area (Å²) in [6, 6.07) is 10.8. The molecule has 3 N–H and O–H groups in total. The van der Waals surface area contributed by atoms with E-state index in [-0.39, 0.29) is 23.7 Å². The van der Waals surface area contributed by atoms with Crippen LogP contribution >= 0.6 is 0 Å². The van der Waals surface area contributed by atoms with Crippen LogP contribution in [0.5, 0.6) is 5.75 Å². The summed E-state index contributed by atoms with van der Waals surface area (Å²) in [6.07, 6.45) is 1.51. The number of carbonyl (C=O) groups excluding carboxylic acids is 1. The van der Waals surface area contributed by atoms with Gasteiger partial charge in [-0.2, -0.15) is 12.7 Å². The number of aromatic nitrogens is 1. The number of hydrogen-bond acceptors (Lipinski definition) is 7. The van der Waals surface area contributed by atoms with Gasteiger partial charge in [-0.3, -0.25) is 4.79 Å². The molecule has 2 aromatic rings. The number of carbonyl (C=O) groups is 1. The minimum Gasteiger partial charge on any atom is -0.494 e. The van der Waals surface area contributed by atoms with Crippen molar-refractivity contribution in [1.29, 1.82) is 0 Å². The first-order valence-corrected chi connectivity index (χ1v) is 13.6. The van der Waals surface area contributed by atoms with E-state index < -0.39 is 16.1 Å². The van der Waals surface area contributed by atoms with Crippen LogP contribution in [0, 0.1) is 5.92 Å². The second-order valence-electron chi connectivity index (χ2n) is 9.87. The predicted octanol–water partition coefficient (Wildman–Crippen LogP) is 2.78. The van der Waals surface area contributed by atoms with Crippen molar-refractivity contribution in [3.05, 3.63) is 42.0 Å². The molecule has 1 amide bonds. The standard InChI is InChI=1S/C25H35N5O4S/c1-5-34-20-8-6-7-18(15-20)22-10-9-21(23(27-22)30-14-11-17(2)25(30,3)4)24(31)28-35(32,33)29-13-12-19(26)16-29/h6-10,15,17,19H,5,11-14,16,26H2,1-4H3,(H,28,31)/t17?,19-/m0/s1. The summed E-state index contributed by atoms with van der Waals surface area (Å²) in [5, 5.41) is 0. The van der Waals surface area contributed by atoms with Crippen molar-refractivity contribution in [2.45, 2.75) is 52.1 Å². The number of ether oxygens (including phenoxy) is 1. The van der Waals surface area contributed by atoms with Crippen LogP contribution in [-0.4, -0.2) is 61.4 Å². The van der Waals surface area contributed by atoms with Gasteiger partial charge in [0.1, 0.15) is 11.6 Å². The highest BCUT2D eigenvalue weighted by Gasteiger charge is 2.41. The number of pyridine rings is 1. The van der Waals surface area contributed by atoms with E-state index in [0.29, 0.717) is 37.0 Å². The number of amides is 1. The summed E-state index contributed by atoms with van der Waals surface area (Å²) < 4.78 is 34.8. The van der Waals surface area contributed by atoms with Gasteiger partial charge >= 0.3 is 10.2 Å². The molecule has 1 unspecified atom stereocenters. The molecule has 35 heavy (non-hydrogen) atoms. The molecule has 4 rings (SSSR count). The highest BCUT2D eigenvalue weighted by Crippen LogP contribution is 2.39. The van der Waals surface area contributed by atoms with Crippen LogP contribution in [0.15, 0.2) is 36.4 Å². The lowest BCUT2D eigenvalue weighted by atomic mass is 9.90. The van der Waals surface area contributed by atoms with Gasteiger partial charge in [-0.25, -0.2) is 9.71 Å². The van der Waals surface area contributed by atoms with Crippen LogP contribution in [0.1, 0.15) is 50.9 Å².